The van der Waals surface area contributed by atoms with Gasteiger partial charge < -0.3 is 19.2 Å². The van der Waals surface area contributed by atoms with Gasteiger partial charge in [-0.05, 0) is 12.1 Å². The first-order valence-electron chi connectivity index (χ1n) is 6.19. The van der Waals surface area contributed by atoms with Gasteiger partial charge in [-0.15, -0.1) is 0 Å². The lowest BCUT2D eigenvalue weighted by Gasteiger charge is -2.23. The Bertz CT molecular complexity index is 593. The van der Waals surface area contributed by atoms with Gasteiger partial charge in [0, 0.05) is 20.2 Å². The fourth-order valence-electron chi connectivity index (χ4n) is 1.16. The average molecular weight is 334 g/mol. The molecular formula is C13H22N2O6S. The van der Waals surface area contributed by atoms with Crippen molar-refractivity contribution in [3.63, 3.8) is 0 Å². The van der Waals surface area contributed by atoms with E-state index in [0.29, 0.717) is 16.5 Å². The Hall–Kier alpha value is -1.68. The van der Waals surface area contributed by atoms with Gasteiger partial charge in [0.1, 0.15) is 11.4 Å². The molecule has 8 nitrogen and oxygen atoms in total. The highest BCUT2D eigenvalue weighted by Gasteiger charge is 2.14. The summed E-state index contributed by atoms with van der Waals surface area (Å²) in [5.74, 6) is 0.573. The number of benzene rings is 1. The van der Waals surface area contributed by atoms with Crippen molar-refractivity contribution in [3.05, 3.63) is 24.3 Å². The molecule has 1 aromatic carbocycles. The van der Waals surface area contributed by atoms with Crippen molar-refractivity contribution in [2.45, 2.75) is 0 Å². The fourth-order valence-corrected chi connectivity index (χ4v) is 1.16. The lowest BCUT2D eigenvalue weighted by atomic mass is 10.2. The van der Waals surface area contributed by atoms with Crippen molar-refractivity contribution >= 4 is 21.9 Å². The second-order valence-electron chi connectivity index (χ2n) is 5.54. The van der Waals surface area contributed by atoms with E-state index in [2.05, 4.69) is 25.5 Å². The standard InChI is InChI=1S/C12H19N2O2.CH4O4S/c1-13(2)12(15)16-11-8-6-7-10(9-11)14(3,4)5;1-6(3,4)5-2/h6-9H,1-5H3;2H,1H3/q+1;/p-1. The normalized spacial score (nSPS) is 11.2. The minimum absolute atomic E-state index is 0.362. The van der Waals surface area contributed by atoms with Gasteiger partial charge in [-0.2, -0.15) is 0 Å². The lowest BCUT2D eigenvalue weighted by molar-refractivity contribution is -0.634. The highest BCUT2D eigenvalue weighted by atomic mass is 32.2. The van der Waals surface area contributed by atoms with Gasteiger partial charge in [-0.3, -0.25) is 4.48 Å². The van der Waals surface area contributed by atoms with Gasteiger partial charge in [0.15, 0.2) is 0 Å². The molecule has 0 aliphatic heterocycles. The number of quaternary nitrogens is 1. The number of hydrogen-bond donors (Lipinski definition) is 0. The lowest BCUT2D eigenvalue weighted by Crippen LogP contribution is -2.34. The highest BCUT2D eigenvalue weighted by molar-refractivity contribution is 7.85. The number of nitrogens with zero attached hydrogens (tertiary/aromatic N) is 2. The van der Waals surface area contributed by atoms with Gasteiger partial charge in [-0.25, -0.2) is 13.2 Å². The average Bonchev–Trinajstić information content (AvgIpc) is 2.38. The maximum Gasteiger partial charge on any atom is 0.414 e. The maximum atomic E-state index is 11.4. The van der Waals surface area contributed by atoms with Crippen LogP contribution in [0.4, 0.5) is 10.5 Å². The highest BCUT2D eigenvalue weighted by Crippen LogP contribution is 2.22. The molecule has 1 rings (SSSR count). The molecule has 0 atom stereocenters. The Morgan fingerprint density at radius 2 is 1.73 bits per heavy atom. The van der Waals surface area contributed by atoms with Crippen LogP contribution in [0.3, 0.4) is 0 Å². The number of rotatable bonds is 3. The quantitative estimate of drug-likeness (QED) is 0.444. The van der Waals surface area contributed by atoms with Crippen LogP contribution in [0.25, 0.3) is 0 Å². The smallest absolute Gasteiger partial charge is 0.414 e. The third-order valence-electron chi connectivity index (χ3n) is 2.29. The number of carbonyl (C=O) groups is 1. The summed E-state index contributed by atoms with van der Waals surface area (Å²) in [6, 6.07) is 7.55. The van der Waals surface area contributed by atoms with Crippen molar-refractivity contribution in [1.82, 2.24) is 9.38 Å². The predicted octanol–water partition coefficient (Wildman–Crippen LogP) is 0.182. The molecule has 0 spiro atoms. The molecule has 0 bridgehead atoms. The first kappa shape index (κ1) is 20.3. The Morgan fingerprint density at radius 3 is 2.09 bits per heavy atom. The Morgan fingerprint density at radius 1 is 1.23 bits per heavy atom. The summed E-state index contributed by atoms with van der Waals surface area (Å²) < 4.78 is 27.5. The molecule has 0 saturated heterocycles. The van der Waals surface area contributed by atoms with Gasteiger partial charge >= 0.3 is 6.09 Å². The number of ether oxygens (including phenoxy) is 1. The van der Waals surface area contributed by atoms with E-state index < -0.39 is 10.1 Å². The van der Waals surface area contributed by atoms with E-state index in [1.165, 1.54) is 4.90 Å². The number of amides is 1. The SMILES string of the molecule is CN(C)C(=O)Oc1cccc([N+](C)(C)C)c1.CS(=O)(=O)O[O-]. The molecule has 1 aromatic rings. The van der Waals surface area contributed by atoms with Crippen LogP contribution in [0.5, 0.6) is 5.75 Å². The second kappa shape index (κ2) is 8.08. The third kappa shape index (κ3) is 8.57. The Balaban J connectivity index is 0.000000626. The summed E-state index contributed by atoms with van der Waals surface area (Å²) in [7, 11) is 5.79. The van der Waals surface area contributed by atoms with E-state index in [0.717, 1.165) is 5.69 Å². The van der Waals surface area contributed by atoms with E-state index in [1.54, 1.807) is 20.2 Å². The largest absolute Gasteiger partial charge is 0.707 e. The molecule has 0 heterocycles. The molecule has 126 valence electrons. The topological polar surface area (TPSA) is 96.0 Å². The van der Waals surface area contributed by atoms with E-state index in [1.807, 2.05) is 18.2 Å². The summed E-state index contributed by atoms with van der Waals surface area (Å²) in [5.41, 5.74) is 1.09. The number of hydrogen-bond acceptors (Lipinski definition) is 6. The summed E-state index contributed by atoms with van der Waals surface area (Å²) in [5, 5.41) is 8.86. The molecule has 0 fully saturated rings. The fraction of sp³-hybridized carbons (Fsp3) is 0.462. The first-order valence-corrected chi connectivity index (χ1v) is 8.01. The molecule has 9 heteroatoms. The van der Waals surface area contributed by atoms with Gasteiger partial charge in [0.2, 0.25) is 0 Å². The zero-order valence-electron chi connectivity index (χ0n) is 13.6. The molecule has 22 heavy (non-hydrogen) atoms. The molecule has 0 aliphatic rings. The van der Waals surface area contributed by atoms with Crippen LogP contribution in [-0.4, -0.2) is 60.9 Å². The minimum atomic E-state index is -3.72. The zero-order valence-corrected chi connectivity index (χ0v) is 14.4. The Labute approximate surface area is 131 Å². The summed E-state index contributed by atoms with van der Waals surface area (Å²) >= 11 is 0. The summed E-state index contributed by atoms with van der Waals surface area (Å²) in [4.78, 5) is 12.8. The van der Waals surface area contributed by atoms with E-state index in [9.17, 15) is 13.2 Å². The second-order valence-corrected chi connectivity index (χ2v) is 7.09. The molecular weight excluding hydrogens is 312 g/mol. The van der Waals surface area contributed by atoms with Gasteiger partial charge in [-0.1, -0.05) is 6.07 Å². The van der Waals surface area contributed by atoms with Crippen molar-refractivity contribution in [3.8, 4) is 5.75 Å². The van der Waals surface area contributed by atoms with Gasteiger partial charge in [0.05, 0.1) is 27.4 Å². The third-order valence-corrected chi connectivity index (χ3v) is 2.53. The van der Waals surface area contributed by atoms with E-state index in [-0.39, 0.29) is 6.09 Å². The molecule has 0 aromatic heterocycles. The van der Waals surface area contributed by atoms with Crippen molar-refractivity contribution in [1.29, 1.82) is 0 Å². The molecule has 0 unspecified atom stereocenters. The van der Waals surface area contributed by atoms with E-state index >= 15 is 0 Å². The van der Waals surface area contributed by atoms with Crippen molar-refractivity contribution < 1.29 is 27.5 Å². The first-order chi connectivity index (χ1) is 9.86. The Kier molecular flexibility index (Phi) is 7.47. The van der Waals surface area contributed by atoms with Crippen LogP contribution < -0.4 is 14.5 Å². The van der Waals surface area contributed by atoms with Crippen molar-refractivity contribution in [2.24, 2.45) is 0 Å². The molecule has 1 amide bonds. The zero-order chi connectivity index (χ0) is 17.6. The monoisotopic (exact) mass is 334 g/mol. The molecule has 0 aliphatic carbocycles. The number of carbonyl (C=O) groups excluding carboxylic acids is 1. The van der Waals surface area contributed by atoms with Crippen molar-refractivity contribution in [2.75, 3.05) is 41.5 Å². The molecule has 0 radical (unpaired) electrons. The van der Waals surface area contributed by atoms with Crippen LogP contribution >= 0.6 is 0 Å². The molecule has 0 N–H and O–H groups in total. The van der Waals surface area contributed by atoms with Crippen LogP contribution in [0.1, 0.15) is 0 Å². The molecule has 0 saturated carbocycles. The van der Waals surface area contributed by atoms with Crippen LogP contribution in [-0.2, 0) is 14.5 Å². The van der Waals surface area contributed by atoms with E-state index in [4.69, 9.17) is 9.99 Å². The summed E-state index contributed by atoms with van der Waals surface area (Å²) in [6.07, 6.45) is 0.318. The minimum Gasteiger partial charge on any atom is -0.707 e. The van der Waals surface area contributed by atoms with Crippen LogP contribution in [0.15, 0.2) is 24.3 Å². The van der Waals surface area contributed by atoms with Crippen LogP contribution in [0.2, 0.25) is 0 Å². The van der Waals surface area contributed by atoms with Gasteiger partial charge in [0.25, 0.3) is 10.1 Å². The summed E-state index contributed by atoms with van der Waals surface area (Å²) in [6.45, 7) is 0. The van der Waals surface area contributed by atoms with Crippen LogP contribution in [0, 0.1) is 0 Å². The maximum absolute atomic E-state index is 11.4. The predicted molar refractivity (Wildman–Crippen MR) is 81.6 cm³/mol.